The number of ether oxygens (including phenoxy) is 1. The molecule has 0 bridgehead atoms. The SMILES string of the molecule is Cc1cc(CNC(=O)C(C)Oc2ccc3c4c(c(=O)oc3c2C)CCC4)cc(C)n1. The van der Waals surface area contributed by atoms with Crippen molar-refractivity contribution in [3.63, 3.8) is 0 Å². The van der Waals surface area contributed by atoms with E-state index < -0.39 is 6.10 Å². The minimum absolute atomic E-state index is 0.211. The standard InChI is InChI=1S/C24H26N2O4/c1-13-10-17(11-14(2)26-13)12-25-23(27)16(4)29-21-9-8-19-18-6-5-7-20(18)24(28)30-22(19)15(21)3/h8-11,16H,5-7,12H2,1-4H3,(H,25,27). The van der Waals surface area contributed by atoms with Crippen LogP contribution in [0.15, 0.2) is 33.5 Å². The highest BCUT2D eigenvalue weighted by Gasteiger charge is 2.22. The fourth-order valence-electron chi connectivity index (χ4n) is 4.19. The molecule has 1 N–H and O–H groups in total. The highest BCUT2D eigenvalue weighted by molar-refractivity contribution is 5.86. The Morgan fingerprint density at radius 3 is 2.60 bits per heavy atom. The van der Waals surface area contributed by atoms with E-state index in [1.165, 1.54) is 0 Å². The van der Waals surface area contributed by atoms with Gasteiger partial charge in [-0.05, 0) is 82.3 Å². The van der Waals surface area contributed by atoms with E-state index >= 15 is 0 Å². The van der Waals surface area contributed by atoms with Gasteiger partial charge in [-0.15, -0.1) is 0 Å². The van der Waals surface area contributed by atoms with Crippen LogP contribution in [-0.4, -0.2) is 17.0 Å². The third-order valence-corrected chi connectivity index (χ3v) is 5.62. The van der Waals surface area contributed by atoms with Gasteiger partial charge in [-0.1, -0.05) is 0 Å². The smallest absolute Gasteiger partial charge is 0.339 e. The number of fused-ring (bicyclic) bond motifs is 3. The Morgan fingerprint density at radius 1 is 1.17 bits per heavy atom. The van der Waals surface area contributed by atoms with Crippen molar-refractivity contribution >= 4 is 16.9 Å². The predicted molar refractivity (Wildman–Crippen MR) is 115 cm³/mol. The van der Waals surface area contributed by atoms with Crippen molar-refractivity contribution < 1.29 is 13.9 Å². The molecule has 0 saturated heterocycles. The molecule has 0 aliphatic heterocycles. The summed E-state index contributed by atoms with van der Waals surface area (Å²) in [5.74, 6) is 0.332. The number of hydrogen-bond acceptors (Lipinski definition) is 5. The molecule has 6 nitrogen and oxygen atoms in total. The normalized spacial score (nSPS) is 13.9. The number of nitrogens with zero attached hydrogens (tertiary/aromatic N) is 1. The fraction of sp³-hybridized carbons (Fsp3) is 0.375. The van der Waals surface area contributed by atoms with Gasteiger partial charge in [0.15, 0.2) is 6.10 Å². The Kier molecular flexibility index (Phi) is 5.33. The van der Waals surface area contributed by atoms with Gasteiger partial charge in [-0.3, -0.25) is 9.78 Å². The molecule has 2 heterocycles. The number of aromatic nitrogens is 1. The zero-order valence-corrected chi connectivity index (χ0v) is 17.8. The van der Waals surface area contributed by atoms with Crippen molar-refractivity contribution in [3.8, 4) is 5.75 Å². The summed E-state index contributed by atoms with van der Waals surface area (Å²) >= 11 is 0. The van der Waals surface area contributed by atoms with Crippen LogP contribution in [0.3, 0.4) is 0 Å². The molecule has 1 aromatic carbocycles. The molecular formula is C24H26N2O4. The zero-order chi connectivity index (χ0) is 21.4. The van der Waals surface area contributed by atoms with E-state index in [1.807, 2.05) is 45.0 Å². The first-order chi connectivity index (χ1) is 14.3. The second-order valence-corrected chi connectivity index (χ2v) is 8.00. The Labute approximate surface area is 175 Å². The van der Waals surface area contributed by atoms with E-state index in [0.717, 1.165) is 58.3 Å². The number of carbonyl (C=O) groups excluding carboxylic acids is 1. The molecule has 3 aromatic rings. The lowest BCUT2D eigenvalue weighted by Gasteiger charge is -2.17. The van der Waals surface area contributed by atoms with Crippen molar-refractivity contribution in [1.29, 1.82) is 0 Å². The van der Waals surface area contributed by atoms with Crippen LogP contribution in [0.5, 0.6) is 5.75 Å². The molecule has 0 spiro atoms. The summed E-state index contributed by atoms with van der Waals surface area (Å²) < 4.78 is 11.5. The molecule has 1 atom stereocenters. The number of aryl methyl sites for hydroxylation is 4. The highest BCUT2D eigenvalue weighted by Crippen LogP contribution is 2.33. The van der Waals surface area contributed by atoms with Crippen molar-refractivity contribution in [2.45, 2.75) is 59.6 Å². The number of benzene rings is 1. The molecule has 1 aliphatic carbocycles. The number of nitrogens with one attached hydrogen (secondary N) is 1. The van der Waals surface area contributed by atoms with Crippen molar-refractivity contribution in [2.24, 2.45) is 0 Å². The van der Waals surface area contributed by atoms with E-state index in [1.54, 1.807) is 6.92 Å². The minimum Gasteiger partial charge on any atom is -0.480 e. The average Bonchev–Trinajstić information content (AvgIpc) is 3.19. The van der Waals surface area contributed by atoms with Crippen LogP contribution >= 0.6 is 0 Å². The summed E-state index contributed by atoms with van der Waals surface area (Å²) in [6.45, 7) is 7.84. The van der Waals surface area contributed by atoms with Gasteiger partial charge in [0, 0.05) is 34.4 Å². The summed E-state index contributed by atoms with van der Waals surface area (Å²) in [4.78, 5) is 29.2. The lowest BCUT2D eigenvalue weighted by Crippen LogP contribution is -2.36. The van der Waals surface area contributed by atoms with Crippen LogP contribution in [-0.2, 0) is 24.2 Å². The summed E-state index contributed by atoms with van der Waals surface area (Å²) in [7, 11) is 0. The summed E-state index contributed by atoms with van der Waals surface area (Å²) in [5, 5.41) is 3.87. The number of pyridine rings is 1. The molecule has 2 aromatic heterocycles. The molecule has 1 amide bonds. The van der Waals surface area contributed by atoms with Crippen LogP contribution in [0.25, 0.3) is 11.0 Å². The van der Waals surface area contributed by atoms with Crippen molar-refractivity contribution in [1.82, 2.24) is 10.3 Å². The van der Waals surface area contributed by atoms with Crippen LogP contribution in [0.1, 0.15) is 47.0 Å². The van der Waals surface area contributed by atoms with E-state index in [2.05, 4.69) is 10.3 Å². The highest BCUT2D eigenvalue weighted by atomic mass is 16.5. The molecule has 6 heteroatoms. The van der Waals surface area contributed by atoms with Crippen molar-refractivity contribution in [3.05, 3.63) is 68.3 Å². The van der Waals surface area contributed by atoms with Gasteiger partial charge in [0.2, 0.25) is 0 Å². The Bertz CT molecular complexity index is 1180. The molecule has 0 radical (unpaired) electrons. The topological polar surface area (TPSA) is 81.4 Å². The number of rotatable bonds is 5. The quantitative estimate of drug-likeness (QED) is 0.654. The molecule has 156 valence electrons. The van der Waals surface area contributed by atoms with Crippen molar-refractivity contribution in [2.75, 3.05) is 0 Å². The van der Waals surface area contributed by atoms with E-state index in [9.17, 15) is 9.59 Å². The fourth-order valence-corrected chi connectivity index (χ4v) is 4.19. The largest absolute Gasteiger partial charge is 0.480 e. The van der Waals surface area contributed by atoms with Gasteiger partial charge in [0.25, 0.3) is 5.91 Å². The molecular weight excluding hydrogens is 380 g/mol. The van der Waals surface area contributed by atoms with Gasteiger partial charge in [0.1, 0.15) is 11.3 Å². The van der Waals surface area contributed by atoms with Gasteiger partial charge >= 0.3 is 5.63 Å². The number of amides is 1. The Balaban J connectivity index is 1.50. The maximum Gasteiger partial charge on any atom is 0.339 e. The molecule has 0 saturated carbocycles. The third-order valence-electron chi connectivity index (χ3n) is 5.62. The summed E-state index contributed by atoms with van der Waals surface area (Å²) in [6, 6.07) is 7.69. The Hall–Kier alpha value is -3.15. The first-order valence-electron chi connectivity index (χ1n) is 10.3. The van der Waals surface area contributed by atoms with E-state index in [-0.39, 0.29) is 11.5 Å². The monoisotopic (exact) mass is 406 g/mol. The first kappa shape index (κ1) is 20.1. The van der Waals surface area contributed by atoms with Gasteiger partial charge < -0.3 is 14.5 Å². The zero-order valence-electron chi connectivity index (χ0n) is 17.8. The minimum atomic E-state index is -0.689. The average molecular weight is 406 g/mol. The van der Waals surface area contributed by atoms with Gasteiger partial charge in [-0.2, -0.15) is 0 Å². The van der Waals surface area contributed by atoms with E-state index in [0.29, 0.717) is 17.9 Å². The summed E-state index contributed by atoms with van der Waals surface area (Å²) in [5.41, 5.74) is 5.75. The van der Waals surface area contributed by atoms with E-state index in [4.69, 9.17) is 9.15 Å². The van der Waals surface area contributed by atoms with Crippen LogP contribution in [0.2, 0.25) is 0 Å². The first-order valence-corrected chi connectivity index (χ1v) is 10.3. The lowest BCUT2D eigenvalue weighted by atomic mass is 10.0. The molecule has 1 unspecified atom stereocenters. The maximum atomic E-state index is 12.5. The van der Waals surface area contributed by atoms with Crippen LogP contribution < -0.4 is 15.7 Å². The third kappa shape index (κ3) is 3.82. The molecule has 1 aliphatic rings. The summed E-state index contributed by atoms with van der Waals surface area (Å²) in [6.07, 6.45) is 1.96. The number of carbonyl (C=O) groups is 1. The van der Waals surface area contributed by atoms with Crippen LogP contribution in [0, 0.1) is 20.8 Å². The van der Waals surface area contributed by atoms with Gasteiger partial charge in [0.05, 0.1) is 0 Å². The number of hydrogen-bond donors (Lipinski definition) is 1. The molecule has 4 rings (SSSR count). The maximum absolute atomic E-state index is 12.5. The second-order valence-electron chi connectivity index (χ2n) is 8.00. The Morgan fingerprint density at radius 2 is 1.87 bits per heavy atom. The predicted octanol–water partition coefficient (Wildman–Crippen LogP) is 3.69. The lowest BCUT2D eigenvalue weighted by molar-refractivity contribution is -0.127. The van der Waals surface area contributed by atoms with Gasteiger partial charge in [-0.25, -0.2) is 4.79 Å². The molecule has 30 heavy (non-hydrogen) atoms. The second kappa shape index (κ2) is 7.94. The van der Waals surface area contributed by atoms with Crippen LogP contribution in [0.4, 0.5) is 0 Å². The molecule has 0 fully saturated rings.